The second-order valence-electron chi connectivity index (χ2n) is 5.10. The molecule has 0 amide bonds. The predicted octanol–water partition coefficient (Wildman–Crippen LogP) is 2.38. The Kier molecular flexibility index (Phi) is 3.48. The van der Waals surface area contributed by atoms with Crippen molar-refractivity contribution >= 4 is 26.8 Å². The van der Waals surface area contributed by atoms with Crippen molar-refractivity contribution in [3.63, 3.8) is 0 Å². The topological polar surface area (TPSA) is 81.3 Å². The van der Waals surface area contributed by atoms with E-state index in [1.165, 1.54) is 41.9 Å². The van der Waals surface area contributed by atoms with Crippen molar-refractivity contribution in [1.82, 2.24) is 4.57 Å². The van der Waals surface area contributed by atoms with Crippen LogP contribution in [0.5, 0.6) is 0 Å². The number of benzene rings is 2. The van der Waals surface area contributed by atoms with Crippen LogP contribution in [0.2, 0.25) is 0 Å². The standard InChI is InChI=1S/C15H13FN2O4S/c1-9-7-13-12(18(2)15(19)22-13)8-14(9)23(20,21)17-11-6-4-3-5-10(11)16/h3-8,17H,1-2H3. The average Bonchev–Trinajstić information content (AvgIpc) is 2.75. The molecule has 1 aromatic heterocycles. The third-order valence-electron chi connectivity index (χ3n) is 3.50. The van der Waals surface area contributed by atoms with Gasteiger partial charge < -0.3 is 4.42 Å². The number of aromatic nitrogens is 1. The number of oxazole rings is 1. The zero-order chi connectivity index (χ0) is 16.8. The molecule has 0 spiro atoms. The summed E-state index contributed by atoms with van der Waals surface area (Å²) in [6.07, 6.45) is 0. The van der Waals surface area contributed by atoms with E-state index in [4.69, 9.17) is 4.42 Å². The monoisotopic (exact) mass is 336 g/mol. The molecule has 0 saturated carbocycles. The van der Waals surface area contributed by atoms with Crippen LogP contribution in [-0.2, 0) is 17.1 Å². The molecule has 0 radical (unpaired) electrons. The summed E-state index contributed by atoms with van der Waals surface area (Å²) in [5.74, 6) is -1.26. The Balaban J connectivity index is 2.15. The number of hydrogen-bond donors (Lipinski definition) is 1. The van der Waals surface area contributed by atoms with Crippen LogP contribution in [0.15, 0.2) is 50.5 Å². The van der Waals surface area contributed by atoms with Crippen LogP contribution in [-0.4, -0.2) is 13.0 Å². The minimum Gasteiger partial charge on any atom is -0.408 e. The molecule has 0 atom stereocenters. The molecule has 2 aromatic carbocycles. The van der Waals surface area contributed by atoms with Gasteiger partial charge >= 0.3 is 5.76 Å². The molecular formula is C15H13FN2O4S. The molecule has 0 fully saturated rings. The second kappa shape index (κ2) is 5.24. The first kappa shape index (κ1) is 15.3. The fraction of sp³-hybridized carbons (Fsp3) is 0.133. The first-order chi connectivity index (χ1) is 10.8. The molecule has 0 aliphatic rings. The largest absolute Gasteiger partial charge is 0.419 e. The van der Waals surface area contributed by atoms with Gasteiger partial charge in [-0.2, -0.15) is 0 Å². The van der Waals surface area contributed by atoms with Gasteiger partial charge in [0.15, 0.2) is 5.58 Å². The minimum absolute atomic E-state index is 0.0512. The summed E-state index contributed by atoms with van der Waals surface area (Å²) in [4.78, 5) is 11.5. The van der Waals surface area contributed by atoms with E-state index in [9.17, 15) is 17.6 Å². The highest BCUT2D eigenvalue weighted by Crippen LogP contribution is 2.25. The lowest BCUT2D eigenvalue weighted by Gasteiger charge is -2.11. The summed E-state index contributed by atoms with van der Waals surface area (Å²) in [5.41, 5.74) is 0.873. The number of nitrogens with one attached hydrogen (secondary N) is 1. The number of para-hydroxylation sites is 1. The third kappa shape index (κ3) is 2.61. The fourth-order valence-electron chi connectivity index (χ4n) is 2.29. The second-order valence-corrected chi connectivity index (χ2v) is 6.75. The van der Waals surface area contributed by atoms with E-state index in [1.807, 2.05) is 0 Å². The summed E-state index contributed by atoms with van der Waals surface area (Å²) in [6, 6.07) is 8.27. The summed E-state index contributed by atoms with van der Waals surface area (Å²) in [7, 11) is -2.54. The molecular weight excluding hydrogens is 323 g/mol. The van der Waals surface area contributed by atoms with Crippen molar-refractivity contribution in [2.24, 2.45) is 7.05 Å². The lowest BCUT2D eigenvalue weighted by atomic mass is 10.2. The summed E-state index contributed by atoms with van der Waals surface area (Å²) in [5, 5.41) is 0. The Morgan fingerprint density at radius 2 is 1.91 bits per heavy atom. The maximum atomic E-state index is 13.7. The van der Waals surface area contributed by atoms with Gasteiger partial charge in [0.05, 0.1) is 16.1 Å². The number of halogens is 1. The average molecular weight is 336 g/mol. The van der Waals surface area contributed by atoms with Crippen LogP contribution in [0.25, 0.3) is 11.1 Å². The van der Waals surface area contributed by atoms with Gasteiger partial charge in [0, 0.05) is 7.05 Å². The van der Waals surface area contributed by atoms with Gasteiger partial charge in [-0.3, -0.25) is 9.29 Å². The Bertz CT molecular complexity index is 1070. The molecule has 0 bridgehead atoms. The molecule has 0 aliphatic heterocycles. The highest BCUT2D eigenvalue weighted by molar-refractivity contribution is 7.92. The number of hydrogen-bond acceptors (Lipinski definition) is 4. The van der Waals surface area contributed by atoms with Crippen LogP contribution >= 0.6 is 0 Å². The quantitative estimate of drug-likeness (QED) is 0.796. The van der Waals surface area contributed by atoms with E-state index in [0.717, 1.165) is 6.07 Å². The number of sulfonamides is 1. The van der Waals surface area contributed by atoms with Crippen LogP contribution < -0.4 is 10.5 Å². The summed E-state index contributed by atoms with van der Waals surface area (Å²) in [6.45, 7) is 1.57. The van der Waals surface area contributed by atoms with E-state index in [1.54, 1.807) is 6.92 Å². The van der Waals surface area contributed by atoms with Crippen molar-refractivity contribution in [1.29, 1.82) is 0 Å². The molecule has 0 aliphatic carbocycles. The molecule has 8 heteroatoms. The minimum atomic E-state index is -4.01. The highest BCUT2D eigenvalue weighted by atomic mass is 32.2. The molecule has 1 N–H and O–H groups in total. The number of nitrogens with zero attached hydrogens (tertiary/aromatic N) is 1. The Labute approximate surface area is 131 Å². The molecule has 0 unspecified atom stereocenters. The van der Waals surface area contributed by atoms with Gasteiger partial charge in [-0.05, 0) is 36.8 Å². The van der Waals surface area contributed by atoms with Gasteiger partial charge in [0.25, 0.3) is 10.0 Å². The van der Waals surface area contributed by atoms with Crippen LogP contribution in [0.4, 0.5) is 10.1 Å². The van der Waals surface area contributed by atoms with Gasteiger partial charge in [0.1, 0.15) is 5.82 Å². The third-order valence-corrected chi connectivity index (χ3v) is 5.00. The molecule has 1 heterocycles. The number of rotatable bonds is 3. The fourth-order valence-corrected chi connectivity index (χ4v) is 3.60. The van der Waals surface area contributed by atoms with E-state index in [-0.39, 0.29) is 10.6 Å². The SMILES string of the molecule is Cc1cc2oc(=O)n(C)c2cc1S(=O)(=O)Nc1ccccc1F. The van der Waals surface area contributed by atoms with Crippen molar-refractivity contribution in [2.75, 3.05) is 4.72 Å². The van der Waals surface area contributed by atoms with Gasteiger partial charge in [0.2, 0.25) is 0 Å². The number of fused-ring (bicyclic) bond motifs is 1. The zero-order valence-corrected chi connectivity index (χ0v) is 13.1. The number of aryl methyl sites for hydroxylation is 2. The van der Waals surface area contributed by atoms with E-state index in [0.29, 0.717) is 16.7 Å². The first-order valence-electron chi connectivity index (χ1n) is 6.67. The Morgan fingerprint density at radius 3 is 2.61 bits per heavy atom. The summed E-state index contributed by atoms with van der Waals surface area (Å²) < 4.78 is 47.2. The normalized spacial score (nSPS) is 11.8. The molecule has 23 heavy (non-hydrogen) atoms. The smallest absolute Gasteiger partial charge is 0.408 e. The summed E-state index contributed by atoms with van der Waals surface area (Å²) >= 11 is 0. The van der Waals surface area contributed by atoms with Gasteiger partial charge in [-0.15, -0.1) is 0 Å². The lowest BCUT2D eigenvalue weighted by Crippen LogP contribution is -2.15. The van der Waals surface area contributed by atoms with Crippen LogP contribution in [0.1, 0.15) is 5.56 Å². The van der Waals surface area contributed by atoms with Crippen LogP contribution in [0, 0.1) is 12.7 Å². The van der Waals surface area contributed by atoms with Crippen molar-refractivity contribution in [3.05, 3.63) is 58.3 Å². The molecule has 3 aromatic rings. The Hall–Kier alpha value is -2.61. The van der Waals surface area contributed by atoms with Crippen LogP contribution in [0.3, 0.4) is 0 Å². The Morgan fingerprint density at radius 1 is 1.22 bits per heavy atom. The van der Waals surface area contributed by atoms with Crippen molar-refractivity contribution in [3.8, 4) is 0 Å². The molecule has 0 saturated heterocycles. The number of anilines is 1. The zero-order valence-electron chi connectivity index (χ0n) is 12.3. The molecule has 120 valence electrons. The molecule has 3 rings (SSSR count). The van der Waals surface area contributed by atoms with E-state index < -0.39 is 21.6 Å². The van der Waals surface area contributed by atoms with Crippen molar-refractivity contribution < 1.29 is 17.2 Å². The van der Waals surface area contributed by atoms with E-state index >= 15 is 0 Å². The van der Waals surface area contributed by atoms with Gasteiger partial charge in [-0.25, -0.2) is 17.6 Å². The lowest BCUT2D eigenvalue weighted by molar-refractivity contribution is 0.528. The maximum absolute atomic E-state index is 13.7. The molecule has 6 nitrogen and oxygen atoms in total. The highest BCUT2D eigenvalue weighted by Gasteiger charge is 2.21. The van der Waals surface area contributed by atoms with Gasteiger partial charge in [-0.1, -0.05) is 12.1 Å². The predicted molar refractivity (Wildman–Crippen MR) is 83.4 cm³/mol. The first-order valence-corrected chi connectivity index (χ1v) is 8.15. The van der Waals surface area contributed by atoms with E-state index in [2.05, 4.69) is 4.72 Å². The van der Waals surface area contributed by atoms with Crippen molar-refractivity contribution in [2.45, 2.75) is 11.8 Å². The maximum Gasteiger partial charge on any atom is 0.419 e.